The number of ether oxygens (including phenoxy) is 1. The van der Waals surface area contributed by atoms with Gasteiger partial charge in [-0.05, 0) is 37.1 Å². The molecule has 0 aliphatic rings. The maximum atomic E-state index is 12.2. The number of hydrogen-bond acceptors (Lipinski definition) is 5. The van der Waals surface area contributed by atoms with E-state index in [0.717, 1.165) is 22.1 Å². The van der Waals surface area contributed by atoms with Crippen molar-refractivity contribution >= 4 is 27.9 Å². The van der Waals surface area contributed by atoms with Gasteiger partial charge in [-0.15, -0.1) is 0 Å². The molecule has 0 fully saturated rings. The summed E-state index contributed by atoms with van der Waals surface area (Å²) in [6, 6.07) is 14.5. The van der Waals surface area contributed by atoms with Crippen molar-refractivity contribution in [2.24, 2.45) is 0 Å². The number of nitrogens with one attached hydrogen (secondary N) is 1. The molecule has 0 atom stereocenters. The van der Waals surface area contributed by atoms with Crippen molar-refractivity contribution in [2.45, 2.75) is 20.3 Å². The van der Waals surface area contributed by atoms with Gasteiger partial charge in [-0.25, -0.2) is 13.1 Å². The number of Topliss-reactive ketones (excluding diaryl/α,β-unsaturated/α-hetero) is 1. The number of hydrogen-bond donors (Lipinski definition) is 1. The highest BCUT2D eigenvalue weighted by atomic mass is 32.2. The first-order chi connectivity index (χ1) is 13.3. The molecular weight excluding hydrogens is 378 g/mol. The van der Waals surface area contributed by atoms with Crippen molar-refractivity contribution < 1.29 is 22.7 Å². The fraction of sp³-hybridized carbons (Fsp3) is 0.238. The molecule has 0 saturated carbocycles. The monoisotopic (exact) mass is 401 g/mol. The number of esters is 1. The molecule has 0 heterocycles. The van der Waals surface area contributed by atoms with Gasteiger partial charge >= 0.3 is 5.97 Å². The Bertz CT molecular complexity index is 966. The van der Waals surface area contributed by atoms with Crippen LogP contribution in [0.3, 0.4) is 0 Å². The number of ketones is 1. The van der Waals surface area contributed by atoms with E-state index < -0.39 is 16.0 Å². The van der Waals surface area contributed by atoms with Crippen molar-refractivity contribution in [3.63, 3.8) is 0 Å². The molecule has 6 nitrogen and oxygen atoms in total. The lowest BCUT2D eigenvalue weighted by molar-refractivity contribution is -0.142. The summed E-state index contributed by atoms with van der Waals surface area (Å²) >= 11 is 0. The predicted octanol–water partition coefficient (Wildman–Crippen LogP) is 3.01. The second-order valence-electron chi connectivity index (χ2n) is 6.31. The first kappa shape index (κ1) is 21.5. The molecule has 0 aromatic heterocycles. The van der Waals surface area contributed by atoms with E-state index in [1.54, 1.807) is 30.3 Å². The lowest BCUT2D eigenvalue weighted by Gasteiger charge is -2.08. The minimum absolute atomic E-state index is 0.113. The number of rotatable bonds is 9. The number of carbonyl (C=O) groups excluding carboxylic acids is 2. The van der Waals surface area contributed by atoms with Gasteiger partial charge in [0.15, 0.2) is 6.61 Å². The number of aryl methyl sites for hydroxylation is 2. The van der Waals surface area contributed by atoms with E-state index in [2.05, 4.69) is 4.72 Å². The molecule has 2 rings (SSSR count). The van der Waals surface area contributed by atoms with E-state index in [9.17, 15) is 18.0 Å². The average molecular weight is 401 g/mol. The molecule has 2 aromatic rings. The van der Waals surface area contributed by atoms with E-state index >= 15 is 0 Å². The fourth-order valence-electron chi connectivity index (χ4n) is 2.41. The lowest BCUT2D eigenvalue weighted by atomic mass is 10.0. The second kappa shape index (κ2) is 9.96. The van der Waals surface area contributed by atoms with Gasteiger partial charge in [0.05, 0.1) is 6.42 Å². The summed E-state index contributed by atoms with van der Waals surface area (Å²) < 4.78 is 31.1. The van der Waals surface area contributed by atoms with Gasteiger partial charge in [0.2, 0.25) is 15.8 Å². The summed E-state index contributed by atoms with van der Waals surface area (Å²) in [5, 5.41) is 1.04. The predicted molar refractivity (Wildman–Crippen MR) is 108 cm³/mol. The van der Waals surface area contributed by atoms with Gasteiger partial charge in [0.1, 0.15) is 0 Å². The van der Waals surface area contributed by atoms with Crippen LogP contribution in [0.2, 0.25) is 0 Å². The number of benzene rings is 2. The van der Waals surface area contributed by atoms with Gasteiger partial charge in [0, 0.05) is 17.5 Å². The van der Waals surface area contributed by atoms with Crippen LogP contribution in [0, 0.1) is 13.8 Å². The van der Waals surface area contributed by atoms with Crippen LogP contribution in [0.1, 0.15) is 33.5 Å². The lowest BCUT2D eigenvalue weighted by Crippen LogP contribution is -2.25. The second-order valence-corrected chi connectivity index (χ2v) is 7.96. The van der Waals surface area contributed by atoms with Crippen LogP contribution >= 0.6 is 0 Å². The Kier molecular flexibility index (Phi) is 7.66. The standard InChI is InChI=1S/C21H23NO5S/c1-16-8-9-17(2)19(14-16)20(23)15-27-21(24)10-12-22-28(25,26)13-11-18-6-4-3-5-7-18/h3-9,11,13-14,22H,10,12,15H2,1-2H3/b13-11+. The Morgan fingerprint density at radius 2 is 1.79 bits per heavy atom. The molecule has 0 spiro atoms. The van der Waals surface area contributed by atoms with E-state index in [0.29, 0.717) is 5.56 Å². The smallest absolute Gasteiger partial charge is 0.307 e. The molecule has 0 aliphatic carbocycles. The Morgan fingerprint density at radius 1 is 1.07 bits per heavy atom. The highest BCUT2D eigenvalue weighted by Crippen LogP contribution is 2.11. The molecule has 0 radical (unpaired) electrons. The van der Waals surface area contributed by atoms with E-state index in [-0.39, 0.29) is 25.4 Å². The molecule has 0 saturated heterocycles. The van der Waals surface area contributed by atoms with Crippen molar-refractivity contribution in [2.75, 3.05) is 13.2 Å². The third-order valence-corrected chi connectivity index (χ3v) is 5.03. The van der Waals surface area contributed by atoms with Gasteiger partial charge in [-0.1, -0.05) is 48.0 Å². The van der Waals surface area contributed by atoms with Crippen LogP contribution in [0.4, 0.5) is 0 Å². The van der Waals surface area contributed by atoms with Crippen molar-refractivity contribution in [3.8, 4) is 0 Å². The van der Waals surface area contributed by atoms with Crippen LogP contribution in [-0.2, 0) is 19.6 Å². The van der Waals surface area contributed by atoms with Crippen molar-refractivity contribution in [1.82, 2.24) is 4.72 Å². The molecule has 2 aromatic carbocycles. The van der Waals surface area contributed by atoms with Crippen molar-refractivity contribution in [1.29, 1.82) is 0 Å². The molecule has 28 heavy (non-hydrogen) atoms. The van der Waals surface area contributed by atoms with Crippen LogP contribution in [0.5, 0.6) is 0 Å². The molecule has 7 heteroatoms. The van der Waals surface area contributed by atoms with Crippen LogP contribution in [-0.4, -0.2) is 33.3 Å². The maximum Gasteiger partial charge on any atom is 0.307 e. The van der Waals surface area contributed by atoms with Crippen molar-refractivity contribution in [3.05, 3.63) is 76.2 Å². The number of carbonyl (C=O) groups is 2. The quantitative estimate of drug-likeness (QED) is 0.515. The first-order valence-electron chi connectivity index (χ1n) is 8.76. The molecule has 148 valence electrons. The van der Waals surface area contributed by atoms with E-state index in [1.165, 1.54) is 6.08 Å². The van der Waals surface area contributed by atoms with Gasteiger partial charge in [-0.2, -0.15) is 0 Å². The normalized spacial score (nSPS) is 11.5. The molecule has 0 unspecified atom stereocenters. The summed E-state index contributed by atoms with van der Waals surface area (Å²) in [6.45, 7) is 3.20. The Balaban J connectivity index is 1.77. The summed E-state index contributed by atoms with van der Waals surface area (Å²) in [5.41, 5.74) is 3.01. The topological polar surface area (TPSA) is 89.5 Å². The van der Waals surface area contributed by atoms with Crippen LogP contribution < -0.4 is 4.72 Å². The summed E-state index contributed by atoms with van der Waals surface area (Å²) in [4.78, 5) is 23.9. The van der Waals surface area contributed by atoms with Crippen LogP contribution in [0.25, 0.3) is 6.08 Å². The summed E-state index contributed by atoms with van der Waals surface area (Å²) in [6.07, 6.45) is 1.29. The fourth-order valence-corrected chi connectivity index (χ4v) is 3.23. The zero-order valence-electron chi connectivity index (χ0n) is 15.8. The SMILES string of the molecule is Cc1ccc(C)c(C(=O)COC(=O)CCNS(=O)(=O)/C=C/c2ccccc2)c1. The minimum Gasteiger partial charge on any atom is -0.457 e. The molecule has 0 aliphatic heterocycles. The third-order valence-electron chi connectivity index (χ3n) is 3.93. The Labute approximate surface area is 165 Å². The third kappa shape index (κ3) is 7.09. The highest BCUT2D eigenvalue weighted by molar-refractivity contribution is 7.92. The van der Waals surface area contributed by atoms with Gasteiger partial charge < -0.3 is 4.74 Å². The maximum absolute atomic E-state index is 12.2. The Morgan fingerprint density at radius 3 is 2.50 bits per heavy atom. The zero-order valence-corrected chi connectivity index (χ0v) is 16.7. The highest BCUT2D eigenvalue weighted by Gasteiger charge is 2.13. The van der Waals surface area contributed by atoms with Gasteiger partial charge in [0.25, 0.3) is 0 Å². The average Bonchev–Trinajstić information content (AvgIpc) is 2.67. The van der Waals surface area contributed by atoms with E-state index in [1.807, 2.05) is 32.0 Å². The minimum atomic E-state index is -3.67. The summed E-state index contributed by atoms with van der Waals surface area (Å²) in [5.74, 6) is -0.936. The summed E-state index contributed by atoms with van der Waals surface area (Å²) in [7, 11) is -3.67. The van der Waals surface area contributed by atoms with Crippen LogP contribution in [0.15, 0.2) is 53.9 Å². The van der Waals surface area contributed by atoms with E-state index in [4.69, 9.17) is 4.74 Å². The zero-order chi connectivity index (χ0) is 20.6. The number of sulfonamides is 1. The van der Waals surface area contributed by atoms with Gasteiger partial charge in [-0.3, -0.25) is 9.59 Å². The molecule has 0 bridgehead atoms. The Hall–Kier alpha value is -2.77. The molecule has 1 N–H and O–H groups in total. The molecular formula is C21H23NO5S. The first-order valence-corrected chi connectivity index (χ1v) is 10.3. The molecule has 0 amide bonds. The largest absolute Gasteiger partial charge is 0.457 e.